The molecule has 2 aromatic heterocycles. The van der Waals surface area contributed by atoms with Gasteiger partial charge in [-0.25, -0.2) is 9.97 Å². The fourth-order valence-electron chi connectivity index (χ4n) is 1.41. The van der Waals surface area contributed by atoms with Crippen molar-refractivity contribution >= 4 is 23.1 Å². The summed E-state index contributed by atoms with van der Waals surface area (Å²) in [5, 5.41) is 3.51. The summed E-state index contributed by atoms with van der Waals surface area (Å²) in [4.78, 5) is 8.22. The number of methoxy groups -OCH3 is 1. The number of nitrogen functional groups attached to an aromatic ring is 1. The Labute approximate surface area is 110 Å². The van der Waals surface area contributed by atoms with E-state index in [4.69, 9.17) is 22.1 Å². The molecule has 2 heterocycles. The molecule has 2 rings (SSSR count). The Morgan fingerprint density at radius 1 is 1.33 bits per heavy atom. The van der Waals surface area contributed by atoms with E-state index in [0.29, 0.717) is 29.1 Å². The van der Waals surface area contributed by atoms with Gasteiger partial charge in [0.15, 0.2) is 5.82 Å². The molecule has 0 bridgehead atoms. The van der Waals surface area contributed by atoms with Crippen LogP contribution in [0, 0.1) is 0 Å². The van der Waals surface area contributed by atoms with E-state index < -0.39 is 0 Å². The number of nitrogens with one attached hydrogen (secondary N) is 1. The highest BCUT2D eigenvalue weighted by Crippen LogP contribution is 2.19. The average Bonchev–Trinajstić information content (AvgIpc) is 2.40. The van der Waals surface area contributed by atoms with Crippen LogP contribution in [0.2, 0.25) is 5.15 Å². The van der Waals surface area contributed by atoms with Crippen LogP contribution in [0.1, 0.15) is 5.56 Å². The Morgan fingerprint density at radius 3 is 2.83 bits per heavy atom. The number of rotatable bonds is 4. The Morgan fingerprint density at radius 2 is 2.17 bits per heavy atom. The molecule has 0 radical (unpaired) electrons. The lowest BCUT2D eigenvalue weighted by molar-refractivity contribution is 0.397. The van der Waals surface area contributed by atoms with E-state index in [2.05, 4.69) is 15.3 Å². The van der Waals surface area contributed by atoms with E-state index in [9.17, 15) is 0 Å². The van der Waals surface area contributed by atoms with E-state index in [0.717, 1.165) is 5.56 Å². The summed E-state index contributed by atoms with van der Waals surface area (Å²) in [5.41, 5.74) is 7.33. The van der Waals surface area contributed by atoms with Crippen LogP contribution >= 0.6 is 11.6 Å². The van der Waals surface area contributed by atoms with Crippen LogP contribution in [-0.4, -0.2) is 17.1 Å². The van der Waals surface area contributed by atoms with E-state index in [-0.39, 0.29) is 0 Å². The van der Waals surface area contributed by atoms with Gasteiger partial charge in [-0.15, -0.1) is 0 Å². The van der Waals surface area contributed by atoms with Gasteiger partial charge >= 0.3 is 0 Å². The topological polar surface area (TPSA) is 73.1 Å². The molecule has 6 heteroatoms. The summed E-state index contributed by atoms with van der Waals surface area (Å²) in [6.07, 6.45) is 1.73. The van der Waals surface area contributed by atoms with Gasteiger partial charge in [0.1, 0.15) is 5.15 Å². The molecular weight excluding hydrogens is 252 g/mol. The van der Waals surface area contributed by atoms with Gasteiger partial charge in [0.25, 0.3) is 0 Å². The molecule has 0 aliphatic rings. The van der Waals surface area contributed by atoms with Gasteiger partial charge < -0.3 is 15.8 Å². The second-order valence-electron chi connectivity index (χ2n) is 3.63. The maximum Gasteiger partial charge on any atom is 0.212 e. The molecule has 0 spiro atoms. The van der Waals surface area contributed by atoms with E-state index in [1.165, 1.54) is 0 Å². The molecule has 0 fully saturated rings. The number of nitrogens with zero attached hydrogens (tertiary/aromatic N) is 2. The molecule has 18 heavy (non-hydrogen) atoms. The number of hydrogen-bond donors (Lipinski definition) is 2. The highest BCUT2D eigenvalue weighted by molar-refractivity contribution is 6.29. The first kappa shape index (κ1) is 12.4. The lowest BCUT2D eigenvalue weighted by atomic mass is 10.3. The molecule has 0 aliphatic heterocycles. The molecule has 0 saturated heterocycles. The van der Waals surface area contributed by atoms with Gasteiger partial charge in [-0.2, -0.15) is 0 Å². The van der Waals surface area contributed by atoms with Crippen LogP contribution < -0.4 is 15.8 Å². The molecule has 0 saturated carbocycles. The molecule has 5 nitrogen and oxygen atoms in total. The average molecular weight is 265 g/mol. The lowest BCUT2D eigenvalue weighted by Crippen LogP contribution is -2.05. The van der Waals surface area contributed by atoms with Crippen molar-refractivity contribution in [2.45, 2.75) is 6.54 Å². The van der Waals surface area contributed by atoms with Gasteiger partial charge in [-0.3, -0.25) is 0 Å². The molecule has 0 atom stereocenters. The van der Waals surface area contributed by atoms with Crippen LogP contribution in [-0.2, 0) is 6.54 Å². The number of hydrogen-bond acceptors (Lipinski definition) is 5. The maximum absolute atomic E-state index is 5.80. The number of halogens is 1. The fraction of sp³-hybridized carbons (Fsp3) is 0.167. The first-order chi connectivity index (χ1) is 8.69. The predicted molar refractivity (Wildman–Crippen MR) is 71.8 cm³/mol. The molecule has 94 valence electrons. The predicted octanol–water partition coefficient (Wildman–Crippen LogP) is 2.33. The summed E-state index contributed by atoms with van der Waals surface area (Å²) in [5.74, 6) is 1.15. The van der Waals surface area contributed by atoms with Crippen molar-refractivity contribution in [2.24, 2.45) is 0 Å². The third-order valence-electron chi connectivity index (χ3n) is 2.36. The van der Waals surface area contributed by atoms with E-state index >= 15 is 0 Å². The van der Waals surface area contributed by atoms with Crippen molar-refractivity contribution in [3.05, 3.63) is 41.2 Å². The normalized spacial score (nSPS) is 10.1. The minimum absolute atomic E-state index is 0.402. The van der Waals surface area contributed by atoms with Gasteiger partial charge in [0, 0.05) is 18.8 Å². The van der Waals surface area contributed by atoms with Gasteiger partial charge in [-0.05, 0) is 17.7 Å². The van der Waals surface area contributed by atoms with Crippen LogP contribution in [0.5, 0.6) is 5.88 Å². The number of ether oxygens (including phenoxy) is 1. The first-order valence-corrected chi connectivity index (χ1v) is 5.71. The smallest absolute Gasteiger partial charge is 0.212 e. The summed E-state index contributed by atoms with van der Waals surface area (Å²) in [6, 6.07) is 7.08. The third-order valence-corrected chi connectivity index (χ3v) is 2.57. The van der Waals surface area contributed by atoms with Crippen molar-refractivity contribution in [3.63, 3.8) is 0 Å². The third kappa shape index (κ3) is 3.01. The minimum Gasteiger partial charge on any atom is -0.481 e. The molecule has 0 aromatic carbocycles. The lowest BCUT2D eigenvalue weighted by Gasteiger charge is -2.08. The van der Waals surface area contributed by atoms with Crippen molar-refractivity contribution in [1.29, 1.82) is 0 Å². The Balaban J connectivity index is 2.04. The van der Waals surface area contributed by atoms with Crippen LogP contribution in [0.15, 0.2) is 30.5 Å². The summed E-state index contributed by atoms with van der Waals surface area (Å²) in [7, 11) is 1.58. The monoisotopic (exact) mass is 264 g/mol. The number of nitrogens with two attached hydrogens (primary N) is 1. The summed E-state index contributed by atoms with van der Waals surface area (Å²) >= 11 is 5.80. The van der Waals surface area contributed by atoms with Crippen LogP contribution in [0.4, 0.5) is 11.5 Å². The van der Waals surface area contributed by atoms with Crippen LogP contribution in [0.3, 0.4) is 0 Å². The molecule has 0 unspecified atom stereocenters. The van der Waals surface area contributed by atoms with Gasteiger partial charge in [0.2, 0.25) is 5.88 Å². The van der Waals surface area contributed by atoms with Crippen molar-refractivity contribution in [1.82, 2.24) is 9.97 Å². The Hall–Kier alpha value is -2.01. The van der Waals surface area contributed by atoms with Crippen molar-refractivity contribution in [3.8, 4) is 5.88 Å². The second kappa shape index (κ2) is 5.55. The molecule has 3 N–H and O–H groups in total. The molecule has 0 amide bonds. The zero-order chi connectivity index (χ0) is 13.0. The summed E-state index contributed by atoms with van der Waals surface area (Å²) < 4.78 is 4.99. The van der Waals surface area contributed by atoms with Crippen LogP contribution in [0.25, 0.3) is 0 Å². The van der Waals surface area contributed by atoms with Gasteiger partial charge in [-0.1, -0.05) is 17.7 Å². The Kier molecular flexibility index (Phi) is 3.84. The van der Waals surface area contributed by atoms with E-state index in [1.807, 2.05) is 6.07 Å². The number of aromatic nitrogens is 2. The largest absolute Gasteiger partial charge is 0.481 e. The maximum atomic E-state index is 5.80. The zero-order valence-corrected chi connectivity index (χ0v) is 10.6. The first-order valence-electron chi connectivity index (χ1n) is 5.34. The summed E-state index contributed by atoms with van der Waals surface area (Å²) in [6.45, 7) is 0.564. The number of anilines is 2. The number of pyridine rings is 2. The zero-order valence-electron chi connectivity index (χ0n) is 9.85. The van der Waals surface area contributed by atoms with Crippen molar-refractivity contribution in [2.75, 3.05) is 18.2 Å². The minimum atomic E-state index is 0.402. The quantitative estimate of drug-likeness (QED) is 0.829. The highest BCUT2D eigenvalue weighted by atomic mass is 35.5. The Bertz CT molecular complexity index is 530. The fourth-order valence-corrected chi connectivity index (χ4v) is 1.56. The van der Waals surface area contributed by atoms with Crippen molar-refractivity contribution < 1.29 is 4.74 Å². The second-order valence-corrected chi connectivity index (χ2v) is 4.02. The molecular formula is C12H13ClN4O. The molecule has 2 aromatic rings. The molecule has 0 aliphatic carbocycles. The van der Waals surface area contributed by atoms with E-state index in [1.54, 1.807) is 31.5 Å². The van der Waals surface area contributed by atoms with Gasteiger partial charge in [0.05, 0.1) is 12.8 Å². The highest BCUT2D eigenvalue weighted by Gasteiger charge is 2.02. The standard InChI is InChI=1S/C12H13ClN4O/c1-18-11-5-2-8(6-15-11)7-16-12-9(14)3-4-10(13)17-12/h2-6H,7,14H2,1H3,(H,16,17). The SMILES string of the molecule is COc1ccc(CNc2nc(Cl)ccc2N)cn1.